The van der Waals surface area contributed by atoms with Crippen LogP contribution in [-0.4, -0.2) is 79.8 Å². The first-order valence-electron chi connectivity index (χ1n) is 10.0. The second-order valence-corrected chi connectivity index (χ2v) is 8.99. The SMILES string of the molecule is CC1CN(C(C)C)CC1NC(=NCC(=O)N(C)C)NCCSc1ccccc1.I. The van der Waals surface area contributed by atoms with Gasteiger partial charge in [0.2, 0.25) is 5.91 Å². The van der Waals surface area contributed by atoms with Crippen LogP contribution in [0.2, 0.25) is 0 Å². The molecule has 1 fully saturated rings. The average Bonchev–Trinajstić information content (AvgIpc) is 3.04. The lowest BCUT2D eigenvalue weighted by Crippen LogP contribution is -2.47. The number of rotatable bonds is 8. The minimum atomic E-state index is 0. The number of halogens is 1. The maximum Gasteiger partial charge on any atom is 0.243 e. The van der Waals surface area contributed by atoms with Crippen LogP contribution in [-0.2, 0) is 4.79 Å². The minimum Gasteiger partial charge on any atom is -0.356 e. The van der Waals surface area contributed by atoms with Gasteiger partial charge < -0.3 is 15.5 Å². The monoisotopic (exact) mass is 533 g/mol. The van der Waals surface area contributed by atoms with E-state index in [1.165, 1.54) is 4.90 Å². The van der Waals surface area contributed by atoms with Gasteiger partial charge in [-0.05, 0) is 31.9 Å². The lowest BCUT2D eigenvalue weighted by atomic mass is 10.1. The molecule has 2 unspecified atom stereocenters. The van der Waals surface area contributed by atoms with E-state index < -0.39 is 0 Å². The summed E-state index contributed by atoms with van der Waals surface area (Å²) >= 11 is 1.81. The molecule has 0 aliphatic carbocycles. The number of likely N-dealkylation sites (N-methyl/N-ethyl adjacent to an activating group) is 1. The number of hydrogen-bond acceptors (Lipinski definition) is 4. The first kappa shape index (κ1) is 26.0. The van der Waals surface area contributed by atoms with Crippen LogP contribution in [0.25, 0.3) is 0 Å². The van der Waals surface area contributed by atoms with Crippen molar-refractivity contribution in [3.8, 4) is 0 Å². The van der Waals surface area contributed by atoms with Gasteiger partial charge in [-0.3, -0.25) is 9.69 Å². The number of benzene rings is 1. The highest BCUT2D eigenvalue weighted by Gasteiger charge is 2.31. The predicted molar refractivity (Wildman–Crippen MR) is 134 cm³/mol. The third-order valence-corrected chi connectivity index (χ3v) is 5.98. The molecule has 1 saturated heterocycles. The first-order valence-corrected chi connectivity index (χ1v) is 11.0. The van der Waals surface area contributed by atoms with Gasteiger partial charge >= 0.3 is 0 Å². The molecule has 164 valence electrons. The Balaban J connectivity index is 0.00000420. The van der Waals surface area contributed by atoms with Crippen molar-refractivity contribution in [1.29, 1.82) is 0 Å². The van der Waals surface area contributed by atoms with Crippen LogP contribution >= 0.6 is 35.7 Å². The van der Waals surface area contributed by atoms with Crippen molar-refractivity contribution in [3.05, 3.63) is 30.3 Å². The molecule has 2 atom stereocenters. The molecule has 1 aromatic rings. The highest BCUT2D eigenvalue weighted by Crippen LogP contribution is 2.19. The fourth-order valence-corrected chi connectivity index (χ4v) is 3.87. The zero-order chi connectivity index (χ0) is 20.5. The number of thioether (sulfide) groups is 1. The Bertz CT molecular complexity index is 641. The molecule has 1 aromatic carbocycles. The highest BCUT2D eigenvalue weighted by atomic mass is 127. The van der Waals surface area contributed by atoms with E-state index in [0.29, 0.717) is 18.0 Å². The van der Waals surface area contributed by atoms with Gasteiger partial charge in [0.05, 0.1) is 0 Å². The van der Waals surface area contributed by atoms with Crippen LogP contribution in [0.15, 0.2) is 40.2 Å². The molecular weight excluding hydrogens is 497 g/mol. The maximum absolute atomic E-state index is 12.0. The maximum atomic E-state index is 12.0. The predicted octanol–water partition coefficient (Wildman–Crippen LogP) is 2.75. The zero-order valence-electron chi connectivity index (χ0n) is 18.2. The number of likely N-dealkylation sites (tertiary alicyclic amines) is 1. The van der Waals surface area contributed by atoms with Crippen LogP contribution in [0.1, 0.15) is 20.8 Å². The van der Waals surface area contributed by atoms with E-state index in [0.717, 1.165) is 31.3 Å². The van der Waals surface area contributed by atoms with E-state index in [1.54, 1.807) is 19.0 Å². The van der Waals surface area contributed by atoms with E-state index in [2.05, 4.69) is 65.6 Å². The normalized spacial score (nSPS) is 19.7. The first-order chi connectivity index (χ1) is 13.4. The van der Waals surface area contributed by atoms with Crippen molar-refractivity contribution in [2.24, 2.45) is 10.9 Å². The van der Waals surface area contributed by atoms with Crippen LogP contribution < -0.4 is 10.6 Å². The number of carbonyl (C=O) groups excluding carboxylic acids is 1. The Labute approximate surface area is 197 Å². The Hall–Kier alpha value is -1.000. The topological polar surface area (TPSA) is 60.0 Å². The van der Waals surface area contributed by atoms with Gasteiger partial charge in [-0.1, -0.05) is 25.1 Å². The summed E-state index contributed by atoms with van der Waals surface area (Å²) in [4.78, 5) is 21.8. The van der Waals surface area contributed by atoms with Crippen molar-refractivity contribution in [3.63, 3.8) is 0 Å². The summed E-state index contributed by atoms with van der Waals surface area (Å²) < 4.78 is 0. The number of carbonyl (C=O) groups is 1. The summed E-state index contributed by atoms with van der Waals surface area (Å²) in [5.74, 6) is 2.21. The van der Waals surface area contributed by atoms with Crippen LogP contribution in [0.5, 0.6) is 0 Å². The van der Waals surface area contributed by atoms with E-state index in [-0.39, 0.29) is 36.4 Å². The van der Waals surface area contributed by atoms with Gasteiger partial charge in [-0.2, -0.15) is 0 Å². The van der Waals surface area contributed by atoms with Gasteiger partial charge in [0.15, 0.2) is 5.96 Å². The summed E-state index contributed by atoms with van der Waals surface area (Å²) in [5, 5.41) is 6.97. The smallest absolute Gasteiger partial charge is 0.243 e. The van der Waals surface area contributed by atoms with Crippen LogP contribution in [0, 0.1) is 5.92 Å². The van der Waals surface area contributed by atoms with Crippen LogP contribution in [0.4, 0.5) is 0 Å². The summed E-state index contributed by atoms with van der Waals surface area (Å²) in [6, 6.07) is 11.3. The van der Waals surface area contributed by atoms with Gasteiger partial charge in [-0.25, -0.2) is 4.99 Å². The van der Waals surface area contributed by atoms with Crippen molar-refractivity contribution < 1.29 is 4.79 Å². The molecule has 1 aliphatic heterocycles. The fraction of sp³-hybridized carbons (Fsp3) is 0.619. The third-order valence-electron chi connectivity index (χ3n) is 4.97. The third kappa shape index (κ3) is 9.13. The quantitative estimate of drug-likeness (QED) is 0.177. The number of hydrogen-bond donors (Lipinski definition) is 2. The molecular formula is C21H36IN5OS. The standard InChI is InChI=1S/C21H35N5OS.HI/c1-16(2)26-14-17(3)19(15-26)24-21(23-13-20(27)25(4)5)22-11-12-28-18-9-7-6-8-10-18;/h6-10,16-17,19H,11-15H2,1-5H3,(H2,22,23,24);1H. The van der Waals surface area contributed by atoms with Crippen molar-refractivity contribution >= 4 is 47.6 Å². The fourth-order valence-electron chi connectivity index (χ4n) is 3.09. The summed E-state index contributed by atoms with van der Waals surface area (Å²) in [5.41, 5.74) is 0. The molecule has 2 rings (SSSR count). The second kappa shape index (κ2) is 13.3. The molecule has 2 N–H and O–H groups in total. The molecule has 0 saturated carbocycles. The van der Waals surface area contributed by atoms with Crippen molar-refractivity contribution in [1.82, 2.24) is 20.4 Å². The number of amides is 1. The van der Waals surface area contributed by atoms with Gasteiger partial charge in [0.1, 0.15) is 6.54 Å². The molecule has 1 heterocycles. The van der Waals surface area contributed by atoms with Crippen molar-refractivity contribution in [2.75, 3.05) is 46.0 Å². The zero-order valence-corrected chi connectivity index (χ0v) is 21.4. The average molecular weight is 534 g/mol. The number of guanidine groups is 1. The molecule has 0 bridgehead atoms. The van der Waals surface area contributed by atoms with E-state index >= 15 is 0 Å². The van der Waals surface area contributed by atoms with Gasteiger partial charge in [-0.15, -0.1) is 35.7 Å². The summed E-state index contributed by atoms with van der Waals surface area (Å²) in [7, 11) is 3.52. The van der Waals surface area contributed by atoms with E-state index in [1.807, 2.05) is 17.8 Å². The summed E-state index contributed by atoms with van der Waals surface area (Å²) in [6.45, 7) is 9.77. The largest absolute Gasteiger partial charge is 0.356 e. The Morgan fingerprint density at radius 2 is 1.97 bits per heavy atom. The van der Waals surface area contributed by atoms with E-state index in [9.17, 15) is 4.79 Å². The lowest BCUT2D eigenvalue weighted by Gasteiger charge is -2.22. The molecule has 29 heavy (non-hydrogen) atoms. The molecule has 1 aliphatic rings. The molecule has 0 spiro atoms. The van der Waals surface area contributed by atoms with E-state index in [4.69, 9.17) is 0 Å². The number of nitrogens with zero attached hydrogens (tertiary/aromatic N) is 3. The minimum absolute atomic E-state index is 0. The molecule has 0 aromatic heterocycles. The molecule has 0 radical (unpaired) electrons. The van der Waals surface area contributed by atoms with Crippen LogP contribution in [0.3, 0.4) is 0 Å². The number of aliphatic imine (C=N–C) groups is 1. The summed E-state index contributed by atoms with van der Waals surface area (Å²) in [6.07, 6.45) is 0. The lowest BCUT2D eigenvalue weighted by molar-refractivity contribution is -0.127. The van der Waals surface area contributed by atoms with Gasteiger partial charge in [0.25, 0.3) is 0 Å². The molecule has 8 heteroatoms. The second-order valence-electron chi connectivity index (χ2n) is 7.82. The van der Waals surface area contributed by atoms with Gasteiger partial charge in [0, 0.05) is 56.5 Å². The Morgan fingerprint density at radius 3 is 2.55 bits per heavy atom. The Kier molecular flexibility index (Phi) is 12.0. The number of nitrogens with one attached hydrogen (secondary N) is 2. The highest BCUT2D eigenvalue weighted by molar-refractivity contribution is 14.0. The Morgan fingerprint density at radius 1 is 1.28 bits per heavy atom. The van der Waals surface area contributed by atoms with Crippen molar-refractivity contribution in [2.45, 2.75) is 37.8 Å². The molecule has 6 nitrogen and oxygen atoms in total. The molecule has 1 amide bonds.